The molecular formula is C8F14O2. The molecule has 0 aromatic carbocycles. The topological polar surface area (TPSA) is 26.3 Å². The van der Waals surface area contributed by atoms with Crippen molar-refractivity contribution in [3.05, 3.63) is 0 Å². The van der Waals surface area contributed by atoms with Crippen molar-refractivity contribution in [2.75, 3.05) is 0 Å². The second kappa shape index (κ2) is 4.63. The lowest BCUT2D eigenvalue weighted by molar-refractivity contribution is -0.475. The van der Waals surface area contributed by atoms with Crippen molar-refractivity contribution in [1.82, 2.24) is 0 Å². The number of ketones is 1. The van der Waals surface area contributed by atoms with Gasteiger partial charge in [0, 0.05) is 0 Å². The van der Waals surface area contributed by atoms with Crippen LogP contribution in [-0.2, 0) is 9.53 Å². The minimum atomic E-state index is -8.05. The summed E-state index contributed by atoms with van der Waals surface area (Å²) in [5.74, 6) is -41.5. The average Bonchev–Trinajstić information content (AvgIpc) is 2.35. The van der Waals surface area contributed by atoms with Gasteiger partial charge in [-0.1, -0.05) is 0 Å². The van der Waals surface area contributed by atoms with Crippen LogP contribution in [0.5, 0.6) is 0 Å². The first kappa shape index (κ1) is 20.7. The van der Waals surface area contributed by atoms with Crippen LogP contribution in [0.25, 0.3) is 0 Å². The Morgan fingerprint density at radius 1 is 0.667 bits per heavy atom. The summed E-state index contributed by atoms with van der Waals surface area (Å²) in [7, 11) is 0. The van der Waals surface area contributed by atoms with E-state index in [1.54, 1.807) is 0 Å². The molecule has 142 valence electrons. The quantitative estimate of drug-likeness (QED) is 0.676. The van der Waals surface area contributed by atoms with E-state index in [-0.39, 0.29) is 0 Å². The maximum atomic E-state index is 13.1. The molecule has 0 radical (unpaired) electrons. The number of hydrogen-bond donors (Lipinski definition) is 0. The Morgan fingerprint density at radius 2 is 1.04 bits per heavy atom. The molecule has 1 fully saturated rings. The van der Waals surface area contributed by atoms with Crippen molar-refractivity contribution in [1.29, 1.82) is 0 Å². The number of alkyl halides is 14. The van der Waals surface area contributed by atoms with E-state index >= 15 is 0 Å². The predicted molar refractivity (Wildman–Crippen MR) is 40.7 cm³/mol. The molecule has 1 aliphatic heterocycles. The average molecular weight is 394 g/mol. The van der Waals surface area contributed by atoms with Crippen LogP contribution in [0, 0.1) is 0 Å². The molecule has 1 saturated heterocycles. The highest BCUT2D eigenvalue weighted by Crippen LogP contribution is 2.63. The molecule has 1 rings (SSSR count). The number of rotatable bonds is 4. The monoisotopic (exact) mass is 394 g/mol. The Morgan fingerprint density at radius 3 is 1.29 bits per heavy atom. The Bertz CT molecular complexity index is 547. The minimum absolute atomic E-state index is 2.13. The number of halogens is 14. The molecule has 0 N–H and O–H groups in total. The summed E-state index contributed by atoms with van der Waals surface area (Å²) < 4.78 is 177. The van der Waals surface area contributed by atoms with Crippen molar-refractivity contribution in [3.8, 4) is 0 Å². The number of Topliss-reactive ketones (excluding diaryl/α,β-unsaturated/α-hetero) is 1. The van der Waals surface area contributed by atoms with Crippen molar-refractivity contribution in [2.45, 2.75) is 41.8 Å². The van der Waals surface area contributed by atoms with Crippen LogP contribution in [0.15, 0.2) is 0 Å². The van der Waals surface area contributed by atoms with Crippen LogP contribution in [0.4, 0.5) is 61.5 Å². The highest BCUT2D eigenvalue weighted by molar-refractivity contribution is 5.96. The Balaban J connectivity index is 3.45. The first-order valence-electron chi connectivity index (χ1n) is 5.01. The van der Waals surface area contributed by atoms with Crippen molar-refractivity contribution >= 4 is 5.78 Å². The second-order valence-electron chi connectivity index (χ2n) is 4.34. The van der Waals surface area contributed by atoms with Gasteiger partial charge in [-0.15, -0.1) is 0 Å². The smallest absolute Gasteiger partial charge is 0.283 e. The summed E-state index contributed by atoms with van der Waals surface area (Å²) in [6, 6.07) is 0. The van der Waals surface area contributed by atoms with Crippen molar-refractivity contribution in [2.24, 2.45) is 0 Å². The summed E-state index contributed by atoms with van der Waals surface area (Å²) in [5.41, 5.74) is 0. The summed E-state index contributed by atoms with van der Waals surface area (Å²) >= 11 is 0. The second-order valence-corrected chi connectivity index (χ2v) is 4.34. The zero-order valence-corrected chi connectivity index (χ0v) is 10.1. The van der Waals surface area contributed by atoms with Crippen LogP contribution in [0.1, 0.15) is 0 Å². The molecule has 1 heterocycles. The molecule has 0 aromatic heterocycles. The molecule has 0 saturated carbocycles. The Kier molecular flexibility index (Phi) is 3.99. The van der Waals surface area contributed by atoms with Gasteiger partial charge in [-0.25, -0.2) is 0 Å². The van der Waals surface area contributed by atoms with Gasteiger partial charge in [0.2, 0.25) is 0 Å². The summed E-state index contributed by atoms with van der Waals surface area (Å²) in [6.07, 6.45) is -13.0. The van der Waals surface area contributed by atoms with E-state index in [0.29, 0.717) is 0 Å². The summed E-state index contributed by atoms with van der Waals surface area (Å²) in [5, 5.41) is 0. The van der Waals surface area contributed by atoms with Crippen molar-refractivity contribution < 1.29 is 71.0 Å². The van der Waals surface area contributed by atoms with Gasteiger partial charge in [-0.05, 0) is 0 Å². The molecule has 1 atom stereocenters. The lowest BCUT2D eigenvalue weighted by Gasteiger charge is -2.46. The molecule has 0 aromatic rings. The van der Waals surface area contributed by atoms with E-state index in [1.807, 2.05) is 0 Å². The highest BCUT2D eigenvalue weighted by Gasteiger charge is 2.95. The molecule has 24 heavy (non-hydrogen) atoms. The van der Waals surface area contributed by atoms with Gasteiger partial charge in [0.1, 0.15) is 0 Å². The third kappa shape index (κ3) is 2.10. The van der Waals surface area contributed by atoms with Gasteiger partial charge >= 0.3 is 47.6 Å². The standard InChI is InChI=1S/C8F14O2/c9-2(1(23)3(10,11)24-2)4(12,13)5(14,15)6(16,17)7(18,19)8(20,21)22. The fraction of sp³-hybridized carbons (Fsp3) is 0.875. The van der Waals surface area contributed by atoms with Crippen LogP contribution >= 0.6 is 0 Å². The molecule has 16 heteroatoms. The van der Waals surface area contributed by atoms with Crippen LogP contribution < -0.4 is 0 Å². The van der Waals surface area contributed by atoms with Gasteiger partial charge < -0.3 is 0 Å². The van der Waals surface area contributed by atoms with Crippen LogP contribution in [0.3, 0.4) is 0 Å². The van der Waals surface area contributed by atoms with Crippen molar-refractivity contribution in [3.63, 3.8) is 0 Å². The molecule has 0 amide bonds. The fourth-order valence-corrected chi connectivity index (χ4v) is 1.39. The molecule has 0 spiro atoms. The summed E-state index contributed by atoms with van der Waals surface area (Å²) in [6.45, 7) is 0. The van der Waals surface area contributed by atoms with E-state index in [9.17, 15) is 66.3 Å². The van der Waals surface area contributed by atoms with Gasteiger partial charge in [-0.2, -0.15) is 61.5 Å². The van der Waals surface area contributed by atoms with Crippen LogP contribution in [0.2, 0.25) is 0 Å². The van der Waals surface area contributed by atoms with Gasteiger partial charge in [-0.3, -0.25) is 9.53 Å². The Labute approximate surface area is 120 Å². The number of hydrogen-bond acceptors (Lipinski definition) is 2. The van der Waals surface area contributed by atoms with Gasteiger partial charge in [0.05, 0.1) is 0 Å². The zero-order chi connectivity index (χ0) is 19.8. The molecule has 0 bridgehead atoms. The van der Waals surface area contributed by atoms with E-state index in [0.717, 1.165) is 0 Å². The third-order valence-corrected chi connectivity index (χ3v) is 2.77. The van der Waals surface area contributed by atoms with E-state index in [1.165, 1.54) is 0 Å². The fourth-order valence-electron chi connectivity index (χ4n) is 1.39. The maximum absolute atomic E-state index is 13.1. The number of ether oxygens (including phenoxy) is 1. The minimum Gasteiger partial charge on any atom is -0.283 e. The first-order chi connectivity index (χ1) is 10.1. The number of carbonyl (C=O) groups excluding carboxylic acids is 1. The normalized spacial score (nSPS) is 26.3. The first-order valence-corrected chi connectivity index (χ1v) is 5.01. The molecule has 1 unspecified atom stereocenters. The predicted octanol–water partition coefficient (Wildman–Crippen LogP) is 3.95. The lowest BCUT2D eigenvalue weighted by atomic mass is 9.88. The van der Waals surface area contributed by atoms with E-state index in [2.05, 4.69) is 4.74 Å². The highest BCUT2D eigenvalue weighted by atomic mass is 19.4. The van der Waals surface area contributed by atoms with E-state index < -0.39 is 47.6 Å². The molecular weight excluding hydrogens is 394 g/mol. The molecule has 0 aliphatic carbocycles. The van der Waals surface area contributed by atoms with Gasteiger partial charge in [0.25, 0.3) is 0 Å². The molecule has 2 nitrogen and oxygen atoms in total. The number of carbonyl (C=O) groups is 1. The Hall–Kier alpha value is -1.35. The van der Waals surface area contributed by atoms with Crippen LogP contribution in [-0.4, -0.2) is 47.6 Å². The van der Waals surface area contributed by atoms with E-state index in [4.69, 9.17) is 0 Å². The van der Waals surface area contributed by atoms with Gasteiger partial charge in [0.15, 0.2) is 0 Å². The maximum Gasteiger partial charge on any atom is 0.460 e. The molecule has 1 aliphatic rings. The zero-order valence-electron chi connectivity index (χ0n) is 10.1. The largest absolute Gasteiger partial charge is 0.460 e. The SMILES string of the molecule is O=C1C(F)(F)OC1(F)C(F)(F)C(F)(F)C(F)(F)C(F)(F)C(F)(F)F. The summed E-state index contributed by atoms with van der Waals surface area (Å²) in [4.78, 5) is 10.4. The third-order valence-electron chi connectivity index (χ3n) is 2.77. The lowest BCUT2D eigenvalue weighted by Crippen LogP contribution is -2.79.